The zero-order valence-corrected chi connectivity index (χ0v) is 18.7. The lowest BCUT2D eigenvalue weighted by molar-refractivity contribution is 0.189. The second-order valence-corrected chi connectivity index (χ2v) is 10.2. The molecule has 9 heteroatoms. The minimum Gasteiger partial charge on any atom is -0.338 e. The fourth-order valence-corrected chi connectivity index (χ4v) is 5.56. The third-order valence-corrected chi connectivity index (χ3v) is 7.35. The highest BCUT2D eigenvalue weighted by molar-refractivity contribution is 7.89. The van der Waals surface area contributed by atoms with E-state index < -0.39 is 39.3 Å². The maximum atomic E-state index is 15.5. The molecule has 1 saturated carbocycles. The van der Waals surface area contributed by atoms with E-state index in [0.29, 0.717) is 24.2 Å². The minimum atomic E-state index is -4.15. The molecule has 2 N–H and O–H groups in total. The molecule has 1 heterocycles. The van der Waals surface area contributed by atoms with Gasteiger partial charge in [-0.3, -0.25) is 0 Å². The Kier molecular flexibility index (Phi) is 6.22. The van der Waals surface area contributed by atoms with E-state index in [1.807, 2.05) is 30.3 Å². The van der Waals surface area contributed by atoms with E-state index in [0.717, 1.165) is 18.4 Å². The Morgan fingerprint density at radius 2 is 1.88 bits per heavy atom. The van der Waals surface area contributed by atoms with E-state index in [4.69, 9.17) is 0 Å². The number of hydrogen-bond donors (Lipinski definition) is 2. The molecule has 0 aromatic heterocycles. The van der Waals surface area contributed by atoms with Crippen molar-refractivity contribution in [1.29, 1.82) is 0 Å². The summed E-state index contributed by atoms with van der Waals surface area (Å²) in [6.07, 6.45) is 1.57. The molecule has 172 valence electrons. The molecule has 2 aromatic carbocycles. The third kappa shape index (κ3) is 4.36. The van der Waals surface area contributed by atoms with Crippen LogP contribution in [-0.4, -0.2) is 50.5 Å². The average Bonchev–Trinajstić information content (AvgIpc) is 3.51. The van der Waals surface area contributed by atoms with Crippen LogP contribution in [0.4, 0.5) is 13.6 Å². The summed E-state index contributed by atoms with van der Waals surface area (Å²) in [4.78, 5) is 14.4. The van der Waals surface area contributed by atoms with Gasteiger partial charge in [0.2, 0.25) is 16.0 Å². The summed E-state index contributed by atoms with van der Waals surface area (Å²) in [5.74, 6) is -0.404. The van der Waals surface area contributed by atoms with Gasteiger partial charge in [0.15, 0.2) is 0 Å². The first kappa shape index (κ1) is 22.7. The summed E-state index contributed by atoms with van der Waals surface area (Å²) < 4.78 is 55.3. The largest absolute Gasteiger partial charge is 0.338 e. The van der Waals surface area contributed by atoms with Gasteiger partial charge in [-0.15, -0.1) is 0 Å². The highest BCUT2D eigenvalue weighted by Gasteiger charge is 2.61. The average molecular weight is 464 g/mol. The van der Waals surface area contributed by atoms with Crippen LogP contribution in [0, 0.1) is 11.2 Å². The second kappa shape index (κ2) is 8.78. The summed E-state index contributed by atoms with van der Waals surface area (Å²) in [6.45, 7) is 2.55. The fourth-order valence-electron chi connectivity index (χ4n) is 4.71. The zero-order chi connectivity index (χ0) is 22.9. The van der Waals surface area contributed by atoms with E-state index in [2.05, 4.69) is 10.0 Å². The molecule has 6 nitrogen and oxygen atoms in total. The van der Waals surface area contributed by atoms with Crippen molar-refractivity contribution >= 4 is 16.1 Å². The van der Waals surface area contributed by atoms with Crippen molar-refractivity contribution in [3.8, 4) is 11.1 Å². The fraction of sp³-hybridized carbons (Fsp3) is 0.435. The Balaban J connectivity index is 1.70. The standard InChI is InChI=1S/C23H27F2N3O3S/c1-2-26-22(29)28-14-23(11-12-23)21(27-32(30,31)15-24)19(28)13-17-9-6-10-18(20(17)25)16-7-4-3-5-8-16/h3-10,19,21,27H,2,11-15H2,1H3,(H,26,29). The van der Waals surface area contributed by atoms with Crippen LogP contribution in [0.2, 0.25) is 0 Å². The molecule has 0 radical (unpaired) electrons. The van der Waals surface area contributed by atoms with Gasteiger partial charge in [-0.05, 0) is 37.3 Å². The number of benzene rings is 2. The molecular weight excluding hydrogens is 436 g/mol. The van der Waals surface area contributed by atoms with Crippen molar-refractivity contribution in [3.63, 3.8) is 0 Å². The van der Waals surface area contributed by atoms with Gasteiger partial charge in [0, 0.05) is 30.1 Å². The molecule has 32 heavy (non-hydrogen) atoms. The van der Waals surface area contributed by atoms with E-state index in [9.17, 15) is 17.6 Å². The summed E-state index contributed by atoms with van der Waals surface area (Å²) >= 11 is 0. The number of carbonyl (C=O) groups is 1. The second-order valence-electron chi connectivity index (χ2n) is 8.56. The van der Waals surface area contributed by atoms with E-state index in [-0.39, 0.29) is 12.5 Å². The van der Waals surface area contributed by atoms with E-state index in [1.165, 1.54) is 0 Å². The van der Waals surface area contributed by atoms with Crippen molar-refractivity contribution in [1.82, 2.24) is 14.9 Å². The van der Waals surface area contributed by atoms with Gasteiger partial charge in [-0.25, -0.2) is 26.7 Å². The Morgan fingerprint density at radius 3 is 2.50 bits per heavy atom. The Labute approximate surface area is 187 Å². The number of halogens is 2. The lowest BCUT2D eigenvalue weighted by Crippen LogP contribution is -2.51. The molecule has 2 amide bonds. The van der Waals surface area contributed by atoms with Crippen LogP contribution >= 0.6 is 0 Å². The molecule has 1 saturated heterocycles. The van der Waals surface area contributed by atoms with Gasteiger partial charge in [0.25, 0.3) is 0 Å². The first-order chi connectivity index (χ1) is 15.3. The smallest absolute Gasteiger partial charge is 0.317 e. The quantitative estimate of drug-likeness (QED) is 0.660. The van der Waals surface area contributed by atoms with Crippen molar-refractivity contribution in [2.75, 3.05) is 19.1 Å². The molecule has 1 aliphatic heterocycles. The third-order valence-electron chi connectivity index (χ3n) is 6.45. The first-order valence-corrected chi connectivity index (χ1v) is 12.4. The number of likely N-dealkylation sites (tertiary alicyclic amines) is 1. The number of nitrogens with one attached hydrogen (secondary N) is 2. The van der Waals surface area contributed by atoms with Crippen LogP contribution in [0.5, 0.6) is 0 Å². The minimum absolute atomic E-state index is 0.116. The molecule has 2 unspecified atom stereocenters. The number of nitrogens with zero attached hydrogens (tertiary/aromatic N) is 1. The predicted molar refractivity (Wildman–Crippen MR) is 119 cm³/mol. The van der Waals surface area contributed by atoms with E-state index in [1.54, 1.807) is 30.0 Å². The normalized spacial score (nSPS) is 21.7. The van der Waals surface area contributed by atoms with Gasteiger partial charge in [0.1, 0.15) is 5.82 Å². The van der Waals surface area contributed by atoms with Crippen molar-refractivity contribution < 1.29 is 22.0 Å². The Hall–Kier alpha value is -2.52. The maximum absolute atomic E-state index is 15.5. The van der Waals surface area contributed by atoms with Crippen LogP contribution in [-0.2, 0) is 16.4 Å². The van der Waals surface area contributed by atoms with Gasteiger partial charge >= 0.3 is 6.03 Å². The molecular formula is C23H27F2N3O3S. The SMILES string of the molecule is CCNC(=O)N1CC2(CC2)C(NS(=O)(=O)CF)C1Cc1cccc(-c2ccccc2)c1F. The van der Waals surface area contributed by atoms with Crippen molar-refractivity contribution in [2.45, 2.75) is 38.3 Å². The number of sulfonamides is 1. The van der Waals surface area contributed by atoms with Gasteiger partial charge in [0.05, 0.1) is 6.04 Å². The lowest BCUT2D eigenvalue weighted by atomic mass is 9.91. The Bertz CT molecular complexity index is 1090. The van der Waals surface area contributed by atoms with E-state index >= 15 is 4.39 Å². The molecule has 2 aliphatic rings. The molecule has 2 aromatic rings. The zero-order valence-electron chi connectivity index (χ0n) is 17.9. The summed E-state index contributed by atoms with van der Waals surface area (Å²) in [6, 6.07) is 11.1. The number of hydrogen-bond acceptors (Lipinski definition) is 3. The van der Waals surface area contributed by atoms with Crippen LogP contribution < -0.4 is 10.0 Å². The number of rotatable bonds is 7. The van der Waals surface area contributed by atoms with Crippen molar-refractivity contribution in [3.05, 3.63) is 59.9 Å². The highest BCUT2D eigenvalue weighted by Crippen LogP contribution is 2.55. The number of alkyl halides is 1. The molecule has 2 fully saturated rings. The van der Waals surface area contributed by atoms with Gasteiger partial charge in [-0.2, -0.15) is 0 Å². The van der Waals surface area contributed by atoms with Gasteiger partial charge < -0.3 is 10.2 Å². The highest BCUT2D eigenvalue weighted by atomic mass is 32.2. The van der Waals surface area contributed by atoms with Crippen LogP contribution in [0.15, 0.2) is 48.5 Å². The predicted octanol–water partition coefficient (Wildman–Crippen LogP) is 3.44. The maximum Gasteiger partial charge on any atom is 0.317 e. The van der Waals surface area contributed by atoms with Crippen molar-refractivity contribution in [2.24, 2.45) is 5.41 Å². The molecule has 2 atom stereocenters. The molecule has 0 bridgehead atoms. The lowest BCUT2D eigenvalue weighted by Gasteiger charge is -2.29. The number of urea groups is 1. The van der Waals surface area contributed by atoms with Crippen LogP contribution in [0.25, 0.3) is 11.1 Å². The molecule has 1 spiro atoms. The summed E-state index contributed by atoms with van der Waals surface area (Å²) in [5.41, 5.74) is 1.11. The Morgan fingerprint density at radius 1 is 1.16 bits per heavy atom. The summed E-state index contributed by atoms with van der Waals surface area (Å²) in [7, 11) is -4.15. The summed E-state index contributed by atoms with van der Waals surface area (Å²) in [5, 5.41) is 2.76. The van der Waals surface area contributed by atoms with Crippen LogP contribution in [0.3, 0.4) is 0 Å². The topological polar surface area (TPSA) is 78.5 Å². The van der Waals surface area contributed by atoms with Gasteiger partial charge in [-0.1, -0.05) is 48.5 Å². The van der Waals surface area contributed by atoms with Crippen LogP contribution in [0.1, 0.15) is 25.3 Å². The molecule has 4 rings (SSSR count). The first-order valence-electron chi connectivity index (χ1n) is 10.7. The number of amides is 2. The monoisotopic (exact) mass is 463 g/mol. The number of carbonyl (C=O) groups excluding carboxylic acids is 1. The molecule has 1 aliphatic carbocycles.